The van der Waals surface area contributed by atoms with Gasteiger partial charge in [-0.15, -0.1) is 0 Å². The van der Waals surface area contributed by atoms with E-state index in [1.807, 2.05) is 11.0 Å². The quantitative estimate of drug-likeness (QED) is 0.839. The van der Waals surface area contributed by atoms with Crippen LogP contribution in [0.1, 0.15) is 6.42 Å². The summed E-state index contributed by atoms with van der Waals surface area (Å²) < 4.78 is 0. The van der Waals surface area contributed by atoms with Gasteiger partial charge in [0.15, 0.2) is 0 Å². The van der Waals surface area contributed by atoms with Crippen LogP contribution in [0.3, 0.4) is 0 Å². The van der Waals surface area contributed by atoms with Crippen LogP contribution < -0.4 is 10.6 Å². The number of rotatable bonds is 1. The van der Waals surface area contributed by atoms with Crippen molar-refractivity contribution in [2.75, 3.05) is 18.0 Å². The Balaban J connectivity index is 2.25. The minimum absolute atomic E-state index is 0.505. The molecule has 84 valence electrons. The summed E-state index contributed by atoms with van der Waals surface area (Å²) in [4.78, 5) is 2.02. The van der Waals surface area contributed by atoms with Gasteiger partial charge in [-0.1, -0.05) is 23.2 Å². The number of benzene rings is 1. The van der Waals surface area contributed by atoms with E-state index in [1.165, 1.54) is 0 Å². The van der Waals surface area contributed by atoms with Gasteiger partial charge in [-0.2, -0.15) is 5.26 Å². The Morgan fingerprint density at radius 1 is 1.44 bits per heavy atom. The minimum Gasteiger partial charge on any atom is -0.367 e. The fraction of sp³-hybridized carbons (Fsp3) is 0.364. The summed E-state index contributed by atoms with van der Waals surface area (Å²) in [5.74, 6) is 0. The second-order valence-electron chi connectivity index (χ2n) is 4.04. The van der Waals surface area contributed by atoms with Crippen LogP contribution in [0.4, 0.5) is 5.69 Å². The van der Waals surface area contributed by atoms with Crippen LogP contribution in [0.5, 0.6) is 0 Å². The number of hydrogen-bond acceptors (Lipinski definition) is 3. The lowest BCUT2D eigenvalue weighted by atomic mass is 10.0. The average molecular weight is 256 g/mol. The molecule has 0 aromatic heterocycles. The van der Waals surface area contributed by atoms with E-state index < -0.39 is 5.54 Å². The summed E-state index contributed by atoms with van der Waals surface area (Å²) in [6.45, 7) is 1.25. The van der Waals surface area contributed by atoms with Gasteiger partial charge in [-0.05, 0) is 24.6 Å². The zero-order chi connectivity index (χ0) is 11.8. The number of hydrogen-bond donors (Lipinski definition) is 1. The van der Waals surface area contributed by atoms with Gasteiger partial charge < -0.3 is 10.6 Å². The highest BCUT2D eigenvalue weighted by Gasteiger charge is 2.35. The largest absolute Gasteiger partial charge is 0.367 e. The fourth-order valence-corrected chi connectivity index (χ4v) is 2.40. The number of anilines is 1. The molecular formula is C11H11Cl2N3. The van der Waals surface area contributed by atoms with Gasteiger partial charge in [0.1, 0.15) is 5.54 Å². The van der Waals surface area contributed by atoms with Gasteiger partial charge in [-0.25, -0.2) is 0 Å². The average Bonchev–Trinajstić information content (AvgIpc) is 2.62. The van der Waals surface area contributed by atoms with Crippen LogP contribution >= 0.6 is 23.2 Å². The van der Waals surface area contributed by atoms with Crippen molar-refractivity contribution in [1.29, 1.82) is 5.26 Å². The Labute approximate surface area is 104 Å². The SMILES string of the molecule is N#CC1(N)CCN(c2ccc(Cl)cc2Cl)C1. The fourth-order valence-electron chi connectivity index (χ4n) is 1.87. The molecule has 3 nitrogen and oxygen atoms in total. The first-order chi connectivity index (χ1) is 7.54. The van der Waals surface area contributed by atoms with E-state index in [0.29, 0.717) is 23.0 Å². The first-order valence-corrected chi connectivity index (χ1v) is 5.70. The topological polar surface area (TPSA) is 53.1 Å². The third kappa shape index (κ3) is 2.10. The summed E-state index contributed by atoms with van der Waals surface area (Å²) >= 11 is 11.9. The molecule has 0 amide bonds. The molecule has 1 unspecified atom stereocenters. The van der Waals surface area contributed by atoms with Crippen LogP contribution in [-0.4, -0.2) is 18.6 Å². The van der Waals surface area contributed by atoms with Crippen molar-refractivity contribution in [3.8, 4) is 6.07 Å². The maximum absolute atomic E-state index is 8.95. The molecule has 1 aromatic carbocycles. The van der Waals surface area contributed by atoms with Crippen LogP contribution in [0.2, 0.25) is 10.0 Å². The highest BCUT2D eigenvalue weighted by atomic mass is 35.5. The van der Waals surface area contributed by atoms with Crippen molar-refractivity contribution >= 4 is 28.9 Å². The second-order valence-corrected chi connectivity index (χ2v) is 4.88. The van der Waals surface area contributed by atoms with Gasteiger partial charge in [-0.3, -0.25) is 0 Å². The molecule has 16 heavy (non-hydrogen) atoms. The van der Waals surface area contributed by atoms with E-state index in [2.05, 4.69) is 6.07 Å². The lowest BCUT2D eigenvalue weighted by Crippen LogP contribution is -2.41. The molecule has 0 radical (unpaired) electrons. The van der Waals surface area contributed by atoms with Crippen molar-refractivity contribution in [3.05, 3.63) is 28.2 Å². The summed E-state index contributed by atoms with van der Waals surface area (Å²) in [6.07, 6.45) is 0.655. The zero-order valence-corrected chi connectivity index (χ0v) is 10.1. The highest BCUT2D eigenvalue weighted by molar-refractivity contribution is 6.36. The summed E-state index contributed by atoms with van der Waals surface area (Å²) in [6, 6.07) is 7.47. The molecule has 1 aliphatic rings. The smallest absolute Gasteiger partial charge is 0.123 e. The number of nitriles is 1. The lowest BCUT2D eigenvalue weighted by Gasteiger charge is -2.21. The molecule has 0 spiro atoms. The third-order valence-electron chi connectivity index (χ3n) is 2.77. The van der Waals surface area contributed by atoms with Crippen LogP contribution in [0.25, 0.3) is 0 Å². The first-order valence-electron chi connectivity index (χ1n) is 4.94. The zero-order valence-electron chi connectivity index (χ0n) is 8.58. The molecule has 1 fully saturated rings. The molecule has 2 rings (SSSR count). The van der Waals surface area contributed by atoms with Crippen molar-refractivity contribution in [3.63, 3.8) is 0 Å². The van der Waals surface area contributed by atoms with E-state index in [-0.39, 0.29) is 0 Å². The van der Waals surface area contributed by atoms with E-state index in [1.54, 1.807) is 12.1 Å². The predicted molar refractivity (Wildman–Crippen MR) is 65.8 cm³/mol. The molecule has 1 aliphatic heterocycles. The minimum atomic E-state index is -0.761. The second kappa shape index (κ2) is 4.14. The van der Waals surface area contributed by atoms with E-state index in [9.17, 15) is 0 Å². The maximum Gasteiger partial charge on any atom is 0.123 e. The monoisotopic (exact) mass is 255 g/mol. The van der Waals surface area contributed by atoms with E-state index >= 15 is 0 Å². The number of nitrogens with zero attached hydrogens (tertiary/aromatic N) is 2. The lowest BCUT2D eigenvalue weighted by molar-refractivity contribution is 0.606. The molecular weight excluding hydrogens is 245 g/mol. The van der Waals surface area contributed by atoms with Crippen LogP contribution in [0.15, 0.2) is 18.2 Å². The van der Waals surface area contributed by atoms with Crippen LogP contribution in [-0.2, 0) is 0 Å². The first kappa shape index (κ1) is 11.5. The third-order valence-corrected chi connectivity index (χ3v) is 3.31. The Bertz CT molecular complexity index is 455. The predicted octanol–water partition coefficient (Wildman–Crippen LogP) is 2.42. The van der Waals surface area contributed by atoms with Crippen molar-refractivity contribution in [1.82, 2.24) is 0 Å². The molecule has 1 saturated heterocycles. The van der Waals surface area contributed by atoms with Gasteiger partial charge in [0, 0.05) is 18.1 Å². The Morgan fingerprint density at radius 2 is 2.19 bits per heavy atom. The number of nitrogens with two attached hydrogens (primary N) is 1. The normalized spacial score (nSPS) is 24.5. The van der Waals surface area contributed by atoms with Gasteiger partial charge >= 0.3 is 0 Å². The Kier molecular flexibility index (Phi) is 2.98. The summed E-state index contributed by atoms with van der Waals surface area (Å²) in [7, 11) is 0. The van der Waals surface area contributed by atoms with Crippen LogP contribution in [0, 0.1) is 11.3 Å². The van der Waals surface area contributed by atoms with Crippen molar-refractivity contribution < 1.29 is 0 Å². The summed E-state index contributed by atoms with van der Waals surface area (Å²) in [5.41, 5.74) is 6.02. The highest BCUT2D eigenvalue weighted by Crippen LogP contribution is 2.32. The molecule has 2 N–H and O–H groups in total. The molecule has 1 aromatic rings. The van der Waals surface area contributed by atoms with Gasteiger partial charge in [0.2, 0.25) is 0 Å². The van der Waals surface area contributed by atoms with Crippen molar-refractivity contribution in [2.45, 2.75) is 12.0 Å². The maximum atomic E-state index is 8.95. The summed E-state index contributed by atoms with van der Waals surface area (Å²) in [5, 5.41) is 10.1. The standard InChI is InChI=1S/C11H11Cl2N3/c12-8-1-2-10(9(13)5-8)16-4-3-11(15,6-14)7-16/h1-2,5H,3-4,7,15H2. The molecule has 0 aliphatic carbocycles. The Morgan fingerprint density at radius 3 is 2.75 bits per heavy atom. The van der Waals surface area contributed by atoms with E-state index in [4.69, 9.17) is 34.2 Å². The molecule has 0 saturated carbocycles. The van der Waals surface area contributed by atoms with Gasteiger partial charge in [0.05, 0.1) is 16.8 Å². The molecule has 1 atom stereocenters. The van der Waals surface area contributed by atoms with E-state index in [0.717, 1.165) is 12.2 Å². The molecule has 5 heteroatoms. The molecule has 0 bridgehead atoms. The van der Waals surface area contributed by atoms with Crippen molar-refractivity contribution in [2.24, 2.45) is 5.73 Å². The van der Waals surface area contributed by atoms with Gasteiger partial charge in [0.25, 0.3) is 0 Å². The number of halogens is 2. The Hall–Kier alpha value is -0.950. The molecule has 1 heterocycles.